The van der Waals surface area contributed by atoms with Crippen molar-refractivity contribution in [1.82, 2.24) is 10.2 Å². The summed E-state index contributed by atoms with van der Waals surface area (Å²) < 4.78 is 4.95. The van der Waals surface area contributed by atoms with Crippen molar-refractivity contribution in [3.05, 3.63) is 52.6 Å². The van der Waals surface area contributed by atoms with Gasteiger partial charge in [0.05, 0.1) is 18.8 Å². The number of ether oxygens (including phenoxy) is 1. The number of benzene rings is 1. The fourth-order valence-electron chi connectivity index (χ4n) is 12.8. The minimum absolute atomic E-state index is 0.00448. The molecule has 3 saturated carbocycles. The van der Waals surface area contributed by atoms with E-state index in [-0.39, 0.29) is 39.3 Å². The summed E-state index contributed by atoms with van der Waals surface area (Å²) in [6, 6.07) is 8.01. The molecule has 8 atom stereocenters. The molecule has 6 rings (SSSR count). The lowest BCUT2D eigenvalue weighted by Gasteiger charge is -2.71. The van der Waals surface area contributed by atoms with E-state index in [0.29, 0.717) is 36.3 Å². The fraction of sp³-hybridized carbons (Fsp3) is 0.721. The van der Waals surface area contributed by atoms with Gasteiger partial charge >= 0.3 is 5.97 Å². The van der Waals surface area contributed by atoms with Gasteiger partial charge in [-0.2, -0.15) is 0 Å². The molecule has 5 aliphatic carbocycles. The summed E-state index contributed by atoms with van der Waals surface area (Å²) in [5, 5.41) is 15.6. The smallest absolute Gasteiger partial charge is 0.337 e. The Labute approximate surface area is 296 Å². The number of esters is 1. The van der Waals surface area contributed by atoms with Gasteiger partial charge in [-0.3, -0.25) is 4.79 Å². The molecule has 0 spiro atoms. The molecule has 2 N–H and O–H groups in total. The summed E-state index contributed by atoms with van der Waals surface area (Å²) in [6.45, 7) is 19.4. The van der Waals surface area contributed by atoms with Crippen LogP contribution in [0.1, 0.15) is 116 Å². The van der Waals surface area contributed by atoms with Gasteiger partial charge in [-0.05, 0) is 133 Å². The Morgan fingerprint density at radius 1 is 0.980 bits per heavy atom. The molecule has 6 nitrogen and oxygen atoms in total. The molecule has 3 fully saturated rings. The van der Waals surface area contributed by atoms with Crippen molar-refractivity contribution in [2.24, 2.45) is 50.7 Å². The lowest BCUT2D eigenvalue weighted by molar-refractivity contribution is -0.200. The number of carbonyl (C=O) groups is 2. The second-order valence-electron chi connectivity index (χ2n) is 18.5. The number of aliphatic hydroxyl groups excluding tert-OH is 1. The molecule has 0 amide bonds. The van der Waals surface area contributed by atoms with E-state index < -0.39 is 11.5 Å². The summed E-state index contributed by atoms with van der Waals surface area (Å²) in [7, 11) is 5.58. The Morgan fingerprint density at radius 3 is 2.31 bits per heavy atom. The van der Waals surface area contributed by atoms with Crippen LogP contribution in [0, 0.1) is 50.7 Å². The van der Waals surface area contributed by atoms with Gasteiger partial charge in [-0.15, -0.1) is 0 Å². The first kappa shape index (κ1) is 36.5. The molecular weight excluding hydrogens is 608 g/mol. The van der Waals surface area contributed by atoms with Crippen LogP contribution in [0.3, 0.4) is 0 Å². The van der Waals surface area contributed by atoms with Crippen LogP contribution in [0.5, 0.6) is 0 Å². The number of allylic oxidation sites excluding steroid dienone is 3. The minimum atomic E-state index is -0.558. The van der Waals surface area contributed by atoms with Crippen molar-refractivity contribution < 1.29 is 19.4 Å². The lowest BCUT2D eigenvalue weighted by Crippen LogP contribution is -2.64. The molecule has 0 heterocycles. The largest absolute Gasteiger partial charge is 0.465 e. The maximum Gasteiger partial charge on any atom is 0.337 e. The molecule has 1 aromatic rings. The summed E-state index contributed by atoms with van der Waals surface area (Å²) in [4.78, 5) is 28.2. The number of hydrogen-bond acceptors (Lipinski definition) is 6. The quantitative estimate of drug-likeness (QED) is 0.205. The zero-order valence-corrected chi connectivity index (χ0v) is 32.2. The third kappa shape index (κ3) is 5.44. The number of aliphatic hydroxyl groups is 1. The Hall–Kier alpha value is -2.28. The third-order valence-electron chi connectivity index (χ3n) is 15.4. The van der Waals surface area contributed by atoms with E-state index in [1.807, 2.05) is 12.1 Å². The van der Waals surface area contributed by atoms with Crippen LogP contribution in [0.15, 0.2) is 41.5 Å². The molecule has 1 unspecified atom stereocenters. The Balaban J connectivity index is 1.33. The van der Waals surface area contributed by atoms with Gasteiger partial charge in [0.2, 0.25) is 0 Å². The number of carbonyl (C=O) groups excluding carboxylic acids is 2. The number of Topliss-reactive ketones (excluding diaryl/α,β-unsaturated/α-hetero) is 1. The van der Waals surface area contributed by atoms with Crippen LogP contribution in [0.25, 0.3) is 5.57 Å². The first-order chi connectivity index (χ1) is 23.0. The van der Waals surface area contributed by atoms with Gasteiger partial charge < -0.3 is 20.1 Å². The molecule has 0 aliphatic heterocycles. The monoisotopic (exact) mass is 672 g/mol. The van der Waals surface area contributed by atoms with E-state index in [0.717, 1.165) is 44.3 Å². The molecular formula is C43H64N2O4. The second-order valence-corrected chi connectivity index (χ2v) is 18.5. The summed E-state index contributed by atoms with van der Waals surface area (Å²) in [5.41, 5.74) is 5.56. The zero-order valence-electron chi connectivity index (χ0n) is 32.2. The number of fused-ring (bicyclic) bond motifs is 7. The first-order valence-corrected chi connectivity index (χ1v) is 19.2. The highest BCUT2D eigenvalue weighted by atomic mass is 16.5. The topological polar surface area (TPSA) is 78.9 Å². The number of nitrogens with one attached hydrogen (secondary N) is 1. The van der Waals surface area contributed by atoms with E-state index in [9.17, 15) is 14.7 Å². The van der Waals surface area contributed by atoms with Crippen molar-refractivity contribution in [1.29, 1.82) is 0 Å². The van der Waals surface area contributed by atoms with Crippen molar-refractivity contribution in [3.8, 4) is 0 Å². The molecule has 0 radical (unpaired) electrons. The number of likely N-dealkylation sites (N-methyl/N-ethyl adjacent to an activating group) is 1. The van der Waals surface area contributed by atoms with Gasteiger partial charge in [0.15, 0.2) is 5.78 Å². The predicted octanol–water partition coefficient (Wildman–Crippen LogP) is 7.96. The maximum atomic E-state index is 14.0. The molecule has 5 aliphatic rings. The normalized spacial score (nSPS) is 37.3. The van der Waals surface area contributed by atoms with Crippen LogP contribution in [0.4, 0.5) is 0 Å². The lowest BCUT2D eigenvalue weighted by atomic mass is 9.33. The van der Waals surface area contributed by atoms with Crippen molar-refractivity contribution in [2.45, 2.75) is 106 Å². The van der Waals surface area contributed by atoms with Gasteiger partial charge in [0, 0.05) is 31.5 Å². The van der Waals surface area contributed by atoms with Crippen LogP contribution in [0.2, 0.25) is 0 Å². The van der Waals surface area contributed by atoms with E-state index in [1.54, 1.807) is 0 Å². The zero-order chi connectivity index (χ0) is 35.7. The van der Waals surface area contributed by atoms with E-state index in [4.69, 9.17) is 4.74 Å². The van der Waals surface area contributed by atoms with Crippen LogP contribution < -0.4 is 5.32 Å². The number of ketones is 1. The average Bonchev–Trinajstić information content (AvgIpc) is 3.36. The van der Waals surface area contributed by atoms with Crippen LogP contribution in [-0.2, 0) is 9.53 Å². The van der Waals surface area contributed by atoms with Crippen molar-refractivity contribution in [3.63, 3.8) is 0 Å². The molecule has 270 valence electrons. The fourth-order valence-corrected chi connectivity index (χ4v) is 12.8. The minimum Gasteiger partial charge on any atom is -0.465 e. The van der Waals surface area contributed by atoms with E-state index in [2.05, 4.69) is 91.0 Å². The number of nitrogens with zero attached hydrogens (tertiary/aromatic N) is 1. The number of methoxy groups -OCH3 is 1. The highest BCUT2D eigenvalue weighted by Crippen LogP contribution is 2.77. The molecule has 0 saturated heterocycles. The predicted molar refractivity (Wildman–Crippen MR) is 198 cm³/mol. The molecule has 0 aromatic heterocycles. The number of hydrogen-bond donors (Lipinski definition) is 2. The van der Waals surface area contributed by atoms with Crippen molar-refractivity contribution in [2.75, 3.05) is 40.8 Å². The Kier molecular flexibility index (Phi) is 9.49. The Bertz CT molecular complexity index is 1520. The highest BCUT2D eigenvalue weighted by molar-refractivity contribution is 6.00. The highest BCUT2D eigenvalue weighted by Gasteiger charge is 2.70. The van der Waals surface area contributed by atoms with Crippen LogP contribution >= 0.6 is 0 Å². The maximum absolute atomic E-state index is 14.0. The molecule has 0 bridgehead atoms. The van der Waals surface area contributed by atoms with Gasteiger partial charge in [0.25, 0.3) is 0 Å². The van der Waals surface area contributed by atoms with Gasteiger partial charge in [-0.25, -0.2) is 4.79 Å². The standard InChI is InChI=1S/C43H64N2O4/c1-27(2)36-32(46)25-43(35(47)26-44-23-24-45(8)9)22-21-41(6)31(37(36)43)15-16-34-40(5)19-17-30(28-11-13-29(14-12-28)38(48)49-10)39(3,4)33(40)18-20-42(34,41)7/h11-14,17,27,31,33-35,44,47H,15-16,18-26H2,1-10H3/t31-,33+,34-,35?,40+,41-,42-,43+/m1/s1. The first-order valence-electron chi connectivity index (χ1n) is 19.2. The number of rotatable bonds is 9. The molecule has 6 heteroatoms. The van der Waals surface area contributed by atoms with Gasteiger partial charge in [-0.1, -0.05) is 72.2 Å². The Morgan fingerprint density at radius 2 is 1.67 bits per heavy atom. The van der Waals surface area contributed by atoms with E-state index >= 15 is 0 Å². The van der Waals surface area contributed by atoms with Gasteiger partial charge in [0.1, 0.15) is 0 Å². The third-order valence-corrected chi connectivity index (χ3v) is 15.4. The summed E-state index contributed by atoms with van der Waals surface area (Å²) in [6.07, 6.45) is 10.1. The average molecular weight is 673 g/mol. The van der Waals surface area contributed by atoms with Crippen LogP contribution in [-0.4, -0.2) is 68.7 Å². The molecule has 49 heavy (non-hydrogen) atoms. The summed E-state index contributed by atoms with van der Waals surface area (Å²) >= 11 is 0. The van der Waals surface area contributed by atoms with Crippen molar-refractivity contribution >= 4 is 17.3 Å². The molecule has 1 aromatic carbocycles. The second kappa shape index (κ2) is 12.7. The SMILES string of the molecule is COC(=O)c1ccc(C2=CC[C@]3(C)[C@H]4CC[C@@H]5C6=C(C(C)C)C(=O)C[C@]6(C(O)CNCCN(C)C)CC[C@@]5(C)[C@]4(C)CC[C@H]3C2(C)C)cc1. The summed E-state index contributed by atoms with van der Waals surface area (Å²) in [5.74, 6) is 1.63. The van der Waals surface area contributed by atoms with E-state index in [1.165, 1.54) is 43.1 Å².